The molecule has 0 amide bonds. The molecule has 7 nitrogen and oxygen atoms in total. The van der Waals surface area contributed by atoms with Gasteiger partial charge in [0.05, 0.1) is 18.0 Å². The second-order valence-electron chi connectivity index (χ2n) is 6.66. The summed E-state index contributed by atoms with van der Waals surface area (Å²) in [6.45, 7) is 2.68. The molecule has 136 valence electrons. The van der Waals surface area contributed by atoms with Crippen LogP contribution in [0.4, 0.5) is 15.9 Å². The molecule has 1 aromatic carbocycles. The Morgan fingerprint density at radius 1 is 1.30 bits per heavy atom. The molecule has 3 heterocycles. The maximum Gasteiger partial charge on any atom is 0.311 e. The van der Waals surface area contributed by atoms with Gasteiger partial charge in [-0.2, -0.15) is 0 Å². The van der Waals surface area contributed by atoms with Crippen molar-refractivity contribution in [2.24, 2.45) is 5.16 Å². The first-order valence-electron chi connectivity index (χ1n) is 8.34. The average Bonchev–Trinajstić information content (AvgIpc) is 3.03. The Bertz CT molecular complexity index is 1020. The van der Waals surface area contributed by atoms with Gasteiger partial charge >= 0.3 is 5.69 Å². The highest BCUT2D eigenvalue weighted by atomic mass is 19.1. The largest absolute Gasteiger partial charge is 0.384 e. The summed E-state index contributed by atoms with van der Waals surface area (Å²) >= 11 is 0. The van der Waals surface area contributed by atoms with E-state index in [2.05, 4.69) is 22.0 Å². The van der Waals surface area contributed by atoms with E-state index in [0.29, 0.717) is 42.3 Å². The Morgan fingerprint density at radius 3 is 2.85 bits per heavy atom. The van der Waals surface area contributed by atoms with Crippen LogP contribution in [-0.2, 0) is 4.84 Å². The van der Waals surface area contributed by atoms with E-state index < -0.39 is 10.5 Å². The normalized spacial score (nSPS) is 16.8. The zero-order chi connectivity index (χ0) is 19.0. The summed E-state index contributed by atoms with van der Waals surface area (Å²) in [5.74, 6) is 5.78. The predicted octanol–water partition coefficient (Wildman–Crippen LogP) is 2.82. The van der Waals surface area contributed by atoms with Gasteiger partial charge in [-0.15, -0.1) is 0 Å². The van der Waals surface area contributed by atoms with Crippen LogP contribution in [-0.4, -0.2) is 34.3 Å². The van der Waals surface area contributed by atoms with Crippen molar-refractivity contribution >= 4 is 17.2 Å². The van der Waals surface area contributed by atoms with E-state index in [1.165, 1.54) is 18.2 Å². The molecule has 2 aromatic rings. The highest BCUT2D eigenvalue weighted by Gasteiger charge is 2.51. The summed E-state index contributed by atoms with van der Waals surface area (Å²) in [5.41, 5.74) is 1.28. The molecule has 8 heteroatoms. The SMILES string of the molecule is Cc1ccc([N+](=O)[O-])c(N2CC3(CC(C#Cc4cccc(F)c4)=NO3)C2)n1. The monoisotopic (exact) mass is 366 g/mol. The quantitative estimate of drug-likeness (QED) is 0.464. The molecule has 1 saturated heterocycles. The van der Waals surface area contributed by atoms with Crippen LogP contribution >= 0.6 is 0 Å². The lowest BCUT2D eigenvalue weighted by atomic mass is 9.88. The number of anilines is 1. The Kier molecular flexibility index (Phi) is 4.00. The van der Waals surface area contributed by atoms with Gasteiger partial charge in [-0.3, -0.25) is 10.1 Å². The minimum absolute atomic E-state index is 0.0273. The van der Waals surface area contributed by atoms with Crippen LogP contribution in [0.3, 0.4) is 0 Å². The Morgan fingerprint density at radius 2 is 2.11 bits per heavy atom. The van der Waals surface area contributed by atoms with Crippen molar-refractivity contribution in [1.82, 2.24) is 4.98 Å². The average molecular weight is 366 g/mol. The van der Waals surface area contributed by atoms with Crippen molar-refractivity contribution in [1.29, 1.82) is 0 Å². The number of halogens is 1. The van der Waals surface area contributed by atoms with E-state index in [4.69, 9.17) is 4.84 Å². The van der Waals surface area contributed by atoms with Crippen molar-refractivity contribution < 1.29 is 14.2 Å². The molecule has 0 aliphatic carbocycles. The number of pyridine rings is 1. The maximum absolute atomic E-state index is 13.2. The first-order chi connectivity index (χ1) is 12.9. The van der Waals surface area contributed by atoms with Gasteiger partial charge in [-0.1, -0.05) is 17.1 Å². The van der Waals surface area contributed by atoms with Gasteiger partial charge in [0.25, 0.3) is 0 Å². The van der Waals surface area contributed by atoms with Gasteiger partial charge in [0.15, 0.2) is 5.60 Å². The smallest absolute Gasteiger partial charge is 0.311 e. The zero-order valence-corrected chi connectivity index (χ0v) is 14.5. The highest BCUT2D eigenvalue weighted by molar-refractivity contribution is 6.02. The number of oxime groups is 1. The number of benzene rings is 1. The molecule has 0 unspecified atom stereocenters. The number of rotatable bonds is 2. The third-order valence-electron chi connectivity index (χ3n) is 4.46. The maximum atomic E-state index is 13.2. The molecule has 0 bridgehead atoms. The van der Waals surface area contributed by atoms with Crippen molar-refractivity contribution in [3.8, 4) is 11.8 Å². The number of nitro groups is 1. The molecule has 0 radical (unpaired) electrons. The molecule has 1 aromatic heterocycles. The topological polar surface area (TPSA) is 80.9 Å². The summed E-state index contributed by atoms with van der Waals surface area (Å²) in [6, 6.07) is 9.11. The van der Waals surface area contributed by atoms with Crippen LogP contribution in [0.5, 0.6) is 0 Å². The second kappa shape index (κ2) is 6.36. The van der Waals surface area contributed by atoms with Crippen LogP contribution in [0.1, 0.15) is 17.7 Å². The van der Waals surface area contributed by atoms with Gasteiger partial charge < -0.3 is 9.74 Å². The lowest BCUT2D eigenvalue weighted by Crippen LogP contribution is -2.62. The molecular formula is C19H15FN4O3. The van der Waals surface area contributed by atoms with E-state index in [1.54, 1.807) is 25.1 Å². The lowest BCUT2D eigenvalue weighted by Gasteiger charge is -2.45. The van der Waals surface area contributed by atoms with Gasteiger partial charge in [0.2, 0.25) is 5.82 Å². The van der Waals surface area contributed by atoms with E-state index in [-0.39, 0.29) is 11.5 Å². The summed E-state index contributed by atoms with van der Waals surface area (Å²) in [6.07, 6.45) is 0.505. The third kappa shape index (κ3) is 3.31. The fraction of sp³-hybridized carbons (Fsp3) is 0.263. The summed E-state index contributed by atoms with van der Waals surface area (Å²) in [7, 11) is 0. The van der Waals surface area contributed by atoms with Crippen molar-refractivity contribution in [2.75, 3.05) is 18.0 Å². The Balaban J connectivity index is 1.44. The van der Waals surface area contributed by atoms with Gasteiger partial charge in [-0.25, -0.2) is 9.37 Å². The third-order valence-corrected chi connectivity index (χ3v) is 4.46. The molecule has 1 fully saturated rings. The van der Waals surface area contributed by atoms with Crippen molar-refractivity contribution in [2.45, 2.75) is 18.9 Å². The van der Waals surface area contributed by atoms with E-state index >= 15 is 0 Å². The van der Waals surface area contributed by atoms with E-state index in [0.717, 1.165) is 0 Å². The zero-order valence-electron chi connectivity index (χ0n) is 14.5. The summed E-state index contributed by atoms with van der Waals surface area (Å²) in [4.78, 5) is 22.5. The fourth-order valence-corrected chi connectivity index (χ4v) is 3.18. The van der Waals surface area contributed by atoms with Crippen LogP contribution in [0, 0.1) is 34.7 Å². The first kappa shape index (κ1) is 17.0. The van der Waals surface area contributed by atoms with E-state index in [9.17, 15) is 14.5 Å². The molecule has 1 spiro atoms. The summed E-state index contributed by atoms with van der Waals surface area (Å²) < 4.78 is 13.2. The van der Waals surface area contributed by atoms with Crippen LogP contribution in [0.15, 0.2) is 41.6 Å². The van der Waals surface area contributed by atoms with Gasteiger partial charge in [0.1, 0.15) is 11.5 Å². The Labute approximate surface area is 154 Å². The number of aryl methyl sites for hydroxylation is 1. The number of aromatic nitrogens is 1. The fourth-order valence-electron chi connectivity index (χ4n) is 3.18. The molecule has 4 rings (SSSR count). The van der Waals surface area contributed by atoms with Gasteiger partial charge in [-0.05, 0) is 37.1 Å². The van der Waals surface area contributed by atoms with Crippen LogP contribution in [0.25, 0.3) is 0 Å². The van der Waals surface area contributed by atoms with Crippen LogP contribution in [0.2, 0.25) is 0 Å². The number of hydrogen-bond donors (Lipinski definition) is 0. The standard InChI is InChI=1S/C19H15FN4O3/c1-13-5-8-17(24(25)26)18(21-13)23-11-19(12-23)10-16(22-27-19)7-6-14-3-2-4-15(20)9-14/h2-5,8-9H,10-12H2,1H3. The molecule has 0 N–H and O–H groups in total. The highest BCUT2D eigenvalue weighted by Crippen LogP contribution is 2.39. The van der Waals surface area contributed by atoms with E-state index in [1.807, 2.05) is 4.90 Å². The molecule has 27 heavy (non-hydrogen) atoms. The molecular weight excluding hydrogens is 351 g/mol. The molecule has 0 atom stereocenters. The predicted molar refractivity (Wildman–Crippen MR) is 97.0 cm³/mol. The Hall–Kier alpha value is -3.47. The summed E-state index contributed by atoms with van der Waals surface area (Å²) in [5, 5.41) is 15.2. The van der Waals surface area contributed by atoms with Crippen molar-refractivity contribution in [3.05, 3.63) is 63.6 Å². The molecule has 0 saturated carbocycles. The van der Waals surface area contributed by atoms with Gasteiger partial charge in [0, 0.05) is 23.7 Å². The van der Waals surface area contributed by atoms with Crippen LogP contribution < -0.4 is 4.90 Å². The first-order valence-corrected chi connectivity index (χ1v) is 8.34. The minimum atomic E-state index is -0.536. The number of nitrogens with zero attached hydrogens (tertiary/aromatic N) is 4. The minimum Gasteiger partial charge on any atom is -0.384 e. The molecule has 2 aliphatic rings. The molecule has 2 aliphatic heterocycles. The van der Waals surface area contributed by atoms with Crippen molar-refractivity contribution in [3.63, 3.8) is 0 Å². The lowest BCUT2D eigenvalue weighted by molar-refractivity contribution is -0.384. The number of hydrogen-bond acceptors (Lipinski definition) is 6. The second-order valence-corrected chi connectivity index (χ2v) is 6.66.